The van der Waals surface area contributed by atoms with Crippen molar-refractivity contribution in [2.24, 2.45) is 7.05 Å². The molecule has 0 aliphatic carbocycles. The van der Waals surface area contributed by atoms with E-state index in [0.29, 0.717) is 23.5 Å². The van der Waals surface area contributed by atoms with Crippen LogP contribution in [0.25, 0.3) is 0 Å². The lowest BCUT2D eigenvalue weighted by atomic mass is 10.2. The summed E-state index contributed by atoms with van der Waals surface area (Å²) in [5, 5.41) is 16.9. The molecule has 0 radical (unpaired) electrons. The lowest BCUT2D eigenvalue weighted by Gasteiger charge is -2.08. The average molecular weight is 283 g/mol. The number of nitrogens with zero attached hydrogens (tertiary/aromatic N) is 3. The van der Waals surface area contributed by atoms with Crippen LogP contribution in [-0.2, 0) is 13.6 Å². The van der Waals surface area contributed by atoms with E-state index in [9.17, 15) is 18.9 Å². The van der Waals surface area contributed by atoms with E-state index in [1.54, 1.807) is 7.05 Å². The topological polar surface area (TPSA) is 99.0 Å². The van der Waals surface area contributed by atoms with Gasteiger partial charge in [-0.15, -0.1) is 0 Å². The molecule has 2 rings (SSSR count). The van der Waals surface area contributed by atoms with Gasteiger partial charge in [0.25, 0.3) is 5.69 Å². The van der Waals surface area contributed by atoms with Crippen LogP contribution in [0.1, 0.15) is 5.56 Å². The molecule has 0 fully saturated rings. The average Bonchev–Trinajstić information content (AvgIpc) is 2.69. The summed E-state index contributed by atoms with van der Waals surface area (Å²) in [6.45, 7) is 0.0469. The van der Waals surface area contributed by atoms with E-state index >= 15 is 0 Å². The van der Waals surface area contributed by atoms with Crippen LogP contribution in [0.15, 0.2) is 18.3 Å². The van der Waals surface area contributed by atoms with Gasteiger partial charge >= 0.3 is 0 Å². The van der Waals surface area contributed by atoms with Crippen molar-refractivity contribution in [1.29, 1.82) is 0 Å². The fourth-order valence-corrected chi connectivity index (χ4v) is 1.65. The van der Waals surface area contributed by atoms with Gasteiger partial charge in [-0.3, -0.25) is 14.8 Å². The number of nitrogens with one attached hydrogen (secondary N) is 1. The second-order valence-electron chi connectivity index (χ2n) is 4.07. The number of benzene rings is 1. The van der Waals surface area contributed by atoms with Crippen LogP contribution in [-0.4, -0.2) is 14.7 Å². The molecule has 7 nitrogen and oxygen atoms in total. The minimum absolute atomic E-state index is 0.0469. The summed E-state index contributed by atoms with van der Waals surface area (Å²) in [7, 11) is 1.63. The summed E-state index contributed by atoms with van der Waals surface area (Å²) in [6.07, 6.45) is 1.46. The quantitative estimate of drug-likeness (QED) is 0.658. The number of aromatic nitrogens is 2. The lowest BCUT2D eigenvalue weighted by Crippen LogP contribution is -2.07. The fourth-order valence-electron chi connectivity index (χ4n) is 1.65. The summed E-state index contributed by atoms with van der Waals surface area (Å²) in [6, 6.07) is 1.30. The molecule has 1 heterocycles. The number of nitro benzene ring substituents is 1. The number of hydrogen-bond donors (Lipinski definition) is 2. The molecule has 2 aromatic rings. The highest BCUT2D eigenvalue weighted by atomic mass is 19.1. The third-order valence-electron chi connectivity index (χ3n) is 2.76. The highest BCUT2D eigenvalue weighted by molar-refractivity contribution is 5.53. The summed E-state index contributed by atoms with van der Waals surface area (Å²) >= 11 is 0. The van der Waals surface area contributed by atoms with Crippen molar-refractivity contribution < 1.29 is 13.7 Å². The third kappa shape index (κ3) is 2.51. The number of hydrogen-bond acceptors (Lipinski definition) is 5. The standard InChI is InChI=1S/C11H11F2N5O2/c1-17-11(14)6(5-16-17)4-15-10-8(12)2-7(18(19)20)3-9(10)13/h2-3,5,15H,4,14H2,1H3. The van der Waals surface area contributed by atoms with E-state index in [0.717, 1.165) is 0 Å². The van der Waals surface area contributed by atoms with Crippen molar-refractivity contribution in [2.75, 3.05) is 11.1 Å². The predicted octanol–water partition coefficient (Wildman–Crippen LogP) is 1.80. The van der Waals surface area contributed by atoms with E-state index in [2.05, 4.69) is 10.4 Å². The maximum atomic E-state index is 13.6. The number of nitrogen functional groups attached to an aromatic ring is 1. The Morgan fingerprint density at radius 2 is 2.05 bits per heavy atom. The van der Waals surface area contributed by atoms with Crippen LogP contribution in [0.3, 0.4) is 0 Å². The summed E-state index contributed by atoms with van der Waals surface area (Å²) in [5.74, 6) is -1.72. The molecule has 0 saturated heterocycles. The van der Waals surface area contributed by atoms with Gasteiger partial charge in [0.05, 0.1) is 23.3 Å². The van der Waals surface area contributed by atoms with Crippen LogP contribution >= 0.6 is 0 Å². The van der Waals surface area contributed by atoms with Gasteiger partial charge in [0.1, 0.15) is 11.5 Å². The molecule has 20 heavy (non-hydrogen) atoms. The SMILES string of the molecule is Cn1ncc(CNc2c(F)cc([N+](=O)[O-])cc2F)c1N. The van der Waals surface area contributed by atoms with Gasteiger partial charge in [0.15, 0.2) is 11.6 Å². The molecule has 0 aliphatic rings. The van der Waals surface area contributed by atoms with Crippen molar-refractivity contribution >= 4 is 17.2 Å². The van der Waals surface area contributed by atoms with Crippen molar-refractivity contribution in [1.82, 2.24) is 9.78 Å². The van der Waals surface area contributed by atoms with Gasteiger partial charge in [-0.25, -0.2) is 8.78 Å². The van der Waals surface area contributed by atoms with Crippen molar-refractivity contribution in [3.63, 3.8) is 0 Å². The zero-order valence-corrected chi connectivity index (χ0v) is 10.4. The van der Waals surface area contributed by atoms with E-state index in [1.807, 2.05) is 0 Å². The third-order valence-corrected chi connectivity index (χ3v) is 2.76. The van der Waals surface area contributed by atoms with E-state index in [1.165, 1.54) is 10.9 Å². The minimum Gasteiger partial charge on any atom is -0.384 e. The first kappa shape index (κ1) is 13.7. The lowest BCUT2D eigenvalue weighted by molar-refractivity contribution is -0.385. The molecule has 0 spiro atoms. The molecular formula is C11H11F2N5O2. The van der Waals surface area contributed by atoms with Gasteiger partial charge in [-0.2, -0.15) is 5.10 Å². The molecule has 0 atom stereocenters. The Hall–Kier alpha value is -2.71. The molecule has 0 unspecified atom stereocenters. The number of non-ortho nitro benzene ring substituents is 1. The summed E-state index contributed by atoms with van der Waals surface area (Å²) < 4.78 is 28.7. The number of anilines is 2. The fraction of sp³-hybridized carbons (Fsp3) is 0.182. The number of aryl methyl sites for hydroxylation is 1. The Balaban J connectivity index is 2.22. The van der Waals surface area contributed by atoms with Crippen molar-refractivity contribution in [3.05, 3.63) is 45.6 Å². The van der Waals surface area contributed by atoms with Crippen LogP contribution < -0.4 is 11.1 Å². The number of rotatable bonds is 4. The highest BCUT2D eigenvalue weighted by Crippen LogP contribution is 2.25. The number of nitro groups is 1. The second-order valence-corrected chi connectivity index (χ2v) is 4.07. The maximum Gasteiger partial charge on any atom is 0.275 e. The summed E-state index contributed by atoms with van der Waals surface area (Å²) in [5.41, 5.74) is 5.16. The molecule has 106 valence electrons. The van der Waals surface area contributed by atoms with Gasteiger partial charge in [-0.1, -0.05) is 0 Å². The Labute approximate surface area is 112 Å². The Kier molecular flexibility index (Phi) is 3.51. The van der Waals surface area contributed by atoms with Crippen LogP contribution in [0.5, 0.6) is 0 Å². The minimum atomic E-state index is -1.04. The molecular weight excluding hydrogens is 272 g/mol. The molecule has 9 heteroatoms. The van der Waals surface area contributed by atoms with Crippen LogP contribution in [0.4, 0.5) is 26.0 Å². The predicted molar refractivity (Wildman–Crippen MR) is 68.0 cm³/mol. The van der Waals surface area contributed by atoms with E-state index in [4.69, 9.17) is 5.73 Å². The van der Waals surface area contributed by atoms with Gasteiger partial charge in [-0.05, 0) is 0 Å². The molecule has 1 aromatic carbocycles. The molecule has 3 N–H and O–H groups in total. The first-order valence-electron chi connectivity index (χ1n) is 5.53. The highest BCUT2D eigenvalue weighted by Gasteiger charge is 2.17. The molecule has 1 aromatic heterocycles. The van der Waals surface area contributed by atoms with Crippen molar-refractivity contribution in [3.8, 4) is 0 Å². The Morgan fingerprint density at radius 1 is 1.45 bits per heavy atom. The maximum absolute atomic E-state index is 13.6. The van der Waals surface area contributed by atoms with E-state index < -0.39 is 27.9 Å². The first-order chi connectivity index (χ1) is 9.40. The first-order valence-corrected chi connectivity index (χ1v) is 5.53. The van der Waals surface area contributed by atoms with E-state index in [-0.39, 0.29) is 6.54 Å². The van der Waals surface area contributed by atoms with Gasteiger partial charge in [0.2, 0.25) is 0 Å². The van der Waals surface area contributed by atoms with Crippen LogP contribution in [0, 0.1) is 21.7 Å². The Morgan fingerprint density at radius 3 is 2.50 bits per heavy atom. The second kappa shape index (κ2) is 5.11. The largest absolute Gasteiger partial charge is 0.384 e. The van der Waals surface area contributed by atoms with Gasteiger partial charge < -0.3 is 11.1 Å². The number of nitrogens with two attached hydrogens (primary N) is 1. The smallest absolute Gasteiger partial charge is 0.275 e. The zero-order valence-electron chi connectivity index (χ0n) is 10.4. The molecule has 0 bridgehead atoms. The summed E-state index contributed by atoms with van der Waals surface area (Å²) in [4.78, 5) is 9.60. The molecule has 0 amide bonds. The zero-order chi connectivity index (χ0) is 14.9. The normalized spacial score (nSPS) is 10.6. The van der Waals surface area contributed by atoms with Crippen LogP contribution in [0.2, 0.25) is 0 Å². The number of halogens is 2. The Bertz CT molecular complexity index is 648. The monoisotopic (exact) mass is 283 g/mol. The van der Waals surface area contributed by atoms with Gasteiger partial charge in [0, 0.05) is 19.2 Å². The van der Waals surface area contributed by atoms with Crippen molar-refractivity contribution in [2.45, 2.75) is 6.54 Å². The molecule has 0 aliphatic heterocycles. The molecule has 0 saturated carbocycles.